The van der Waals surface area contributed by atoms with Crippen molar-refractivity contribution in [3.8, 4) is 0 Å². The van der Waals surface area contributed by atoms with Gasteiger partial charge in [0, 0.05) is 50.0 Å². The normalized spacial score (nSPS) is 13.7. The molecule has 0 aromatic carbocycles. The van der Waals surface area contributed by atoms with Crippen molar-refractivity contribution in [3.05, 3.63) is 37.4 Å². The lowest BCUT2D eigenvalue weighted by Gasteiger charge is -2.18. The Labute approximate surface area is 118 Å². The number of nitrogens with zero attached hydrogens (tertiary/aromatic N) is 4. The van der Waals surface area contributed by atoms with Gasteiger partial charge in [0.05, 0.1) is 12.7 Å². The number of hydrogen-bond acceptors (Lipinski definition) is 3. The third kappa shape index (κ3) is 4.42. The van der Waals surface area contributed by atoms with Gasteiger partial charge in [-0.05, 0) is 13.8 Å². The fourth-order valence-corrected chi connectivity index (χ4v) is 2.00. The molecule has 7 nitrogen and oxygen atoms in total. The van der Waals surface area contributed by atoms with Crippen LogP contribution in [0.5, 0.6) is 0 Å². The quantitative estimate of drug-likeness (QED) is 0.821. The molecule has 0 aliphatic rings. The van der Waals surface area contributed by atoms with Crippen LogP contribution in [0, 0.1) is 0 Å². The topological polar surface area (TPSA) is 76.8 Å². The summed E-state index contributed by atoms with van der Waals surface area (Å²) in [6.45, 7) is 5.31. The molecule has 2 aromatic rings. The molecule has 2 heterocycles. The molecule has 2 atom stereocenters. The molecule has 2 aromatic heterocycles. The van der Waals surface area contributed by atoms with Crippen LogP contribution >= 0.6 is 0 Å². The molecule has 2 N–H and O–H groups in total. The second kappa shape index (κ2) is 6.74. The third-order valence-corrected chi connectivity index (χ3v) is 2.84. The SMILES string of the molecule is CC(Cn1ccnc1)NC(=O)NC(C)Cn1ccnc1. The summed E-state index contributed by atoms with van der Waals surface area (Å²) in [4.78, 5) is 19.8. The minimum absolute atomic E-state index is 0.0321. The van der Waals surface area contributed by atoms with Crippen molar-refractivity contribution in [2.45, 2.75) is 39.0 Å². The molecule has 0 saturated carbocycles. The smallest absolute Gasteiger partial charge is 0.315 e. The molecule has 20 heavy (non-hydrogen) atoms. The number of carbonyl (C=O) groups is 1. The number of carbonyl (C=O) groups excluding carboxylic acids is 1. The highest BCUT2D eigenvalue weighted by molar-refractivity contribution is 5.74. The van der Waals surface area contributed by atoms with E-state index in [4.69, 9.17) is 0 Å². The summed E-state index contributed by atoms with van der Waals surface area (Å²) in [6, 6.07) is -0.0977. The molecule has 108 valence electrons. The van der Waals surface area contributed by atoms with E-state index in [1.807, 2.05) is 35.4 Å². The van der Waals surface area contributed by atoms with Crippen LogP contribution in [0.25, 0.3) is 0 Å². The second-order valence-corrected chi connectivity index (χ2v) is 4.94. The van der Waals surface area contributed by atoms with Gasteiger partial charge in [0.1, 0.15) is 0 Å². The maximum Gasteiger partial charge on any atom is 0.315 e. The zero-order valence-corrected chi connectivity index (χ0v) is 11.7. The van der Waals surface area contributed by atoms with Gasteiger partial charge >= 0.3 is 6.03 Å². The highest BCUT2D eigenvalue weighted by atomic mass is 16.2. The lowest BCUT2D eigenvalue weighted by molar-refractivity contribution is 0.232. The summed E-state index contributed by atoms with van der Waals surface area (Å²) >= 11 is 0. The van der Waals surface area contributed by atoms with Gasteiger partial charge in [-0.25, -0.2) is 14.8 Å². The van der Waals surface area contributed by atoms with Crippen LogP contribution in [-0.4, -0.2) is 37.2 Å². The molecule has 0 fully saturated rings. The molecule has 0 radical (unpaired) electrons. The van der Waals surface area contributed by atoms with Crippen molar-refractivity contribution < 1.29 is 4.79 Å². The molecular weight excluding hydrogens is 256 g/mol. The molecule has 0 aliphatic carbocycles. The van der Waals surface area contributed by atoms with Crippen LogP contribution in [0.1, 0.15) is 13.8 Å². The van der Waals surface area contributed by atoms with E-state index in [0.29, 0.717) is 13.1 Å². The average molecular weight is 276 g/mol. The first-order valence-corrected chi connectivity index (χ1v) is 6.62. The van der Waals surface area contributed by atoms with Gasteiger partial charge in [-0.1, -0.05) is 0 Å². The Morgan fingerprint density at radius 2 is 1.45 bits per heavy atom. The molecule has 0 aliphatic heterocycles. The number of nitrogens with one attached hydrogen (secondary N) is 2. The third-order valence-electron chi connectivity index (χ3n) is 2.84. The standard InChI is InChI=1S/C13H20N6O/c1-11(7-18-5-3-14-9-18)16-13(20)17-12(2)8-19-6-4-15-10-19/h3-6,9-12H,7-8H2,1-2H3,(H2,16,17,20). The lowest BCUT2D eigenvalue weighted by Crippen LogP contribution is -2.46. The first-order chi connectivity index (χ1) is 9.63. The lowest BCUT2D eigenvalue weighted by atomic mass is 10.3. The van der Waals surface area contributed by atoms with Crippen LogP contribution in [-0.2, 0) is 13.1 Å². The highest BCUT2D eigenvalue weighted by Gasteiger charge is 2.10. The van der Waals surface area contributed by atoms with Gasteiger partial charge in [-0.3, -0.25) is 0 Å². The number of hydrogen-bond donors (Lipinski definition) is 2. The van der Waals surface area contributed by atoms with E-state index in [1.54, 1.807) is 25.0 Å². The fraction of sp³-hybridized carbons (Fsp3) is 0.462. The van der Waals surface area contributed by atoms with E-state index in [-0.39, 0.29) is 18.1 Å². The summed E-state index contributed by atoms with van der Waals surface area (Å²) in [5.74, 6) is 0. The summed E-state index contributed by atoms with van der Waals surface area (Å²) < 4.78 is 3.86. The van der Waals surface area contributed by atoms with Gasteiger partial charge in [0.25, 0.3) is 0 Å². The van der Waals surface area contributed by atoms with Crippen LogP contribution < -0.4 is 10.6 Å². The number of urea groups is 1. The average Bonchev–Trinajstić information content (AvgIpc) is 3.01. The number of imidazole rings is 2. The van der Waals surface area contributed by atoms with E-state index in [9.17, 15) is 4.79 Å². The molecule has 7 heteroatoms. The molecule has 0 spiro atoms. The highest BCUT2D eigenvalue weighted by Crippen LogP contribution is 1.94. The predicted molar refractivity (Wildman–Crippen MR) is 75.0 cm³/mol. The Hall–Kier alpha value is -2.31. The first kappa shape index (κ1) is 14.1. The fourth-order valence-electron chi connectivity index (χ4n) is 2.00. The summed E-state index contributed by atoms with van der Waals surface area (Å²) in [7, 11) is 0. The van der Waals surface area contributed by atoms with Gasteiger partial charge in [-0.15, -0.1) is 0 Å². The molecule has 2 rings (SSSR count). The molecule has 0 saturated heterocycles. The van der Waals surface area contributed by atoms with Crippen LogP contribution in [0.2, 0.25) is 0 Å². The minimum atomic E-state index is -0.162. The molecule has 2 amide bonds. The zero-order chi connectivity index (χ0) is 14.4. The Morgan fingerprint density at radius 3 is 1.80 bits per heavy atom. The largest absolute Gasteiger partial charge is 0.335 e. The van der Waals surface area contributed by atoms with E-state index in [2.05, 4.69) is 20.6 Å². The van der Waals surface area contributed by atoms with Crippen LogP contribution in [0.15, 0.2) is 37.4 Å². The summed E-state index contributed by atoms with van der Waals surface area (Å²) in [5, 5.41) is 5.81. The van der Waals surface area contributed by atoms with Gasteiger partial charge < -0.3 is 19.8 Å². The van der Waals surface area contributed by atoms with E-state index >= 15 is 0 Å². The molecule has 0 bridgehead atoms. The van der Waals surface area contributed by atoms with Crippen molar-refractivity contribution >= 4 is 6.03 Å². The van der Waals surface area contributed by atoms with Crippen LogP contribution in [0.4, 0.5) is 4.79 Å². The first-order valence-electron chi connectivity index (χ1n) is 6.62. The van der Waals surface area contributed by atoms with Crippen molar-refractivity contribution in [1.29, 1.82) is 0 Å². The summed E-state index contributed by atoms with van der Waals surface area (Å²) in [6.07, 6.45) is 10.7. The maximum atomic E-state index is 11.8. The monoisotopic (exact) mass is 276 g/mol. The number of amides is 2. The Balaban J connectivity index is 1.71. The zero-order valence-electron chi connectivity index (χ0n) is 11.7. The molecule has 2 unspecified atom stereocenters. The second-order valence-electron chi connectivity index (χ2n) is 4.94. The van der Waals surface area contributed by atoms with E-state index < -0.39 is 0 Å². The van der Waals surface area contributed by atoms with Crippen molar-refractivity contribution in [3.63, 3.8) is 0 Å². The van der Waals surface area contributed by atoms with Gasteiger partial charge in [0.2, 0.25) is 0 Å². The maximum absolute atomic E-state index is 11.8. The molecular formula is C13H20N6O. The Kier molecular flexibility index (Phi) is 4.75. The van der Waals surface area contributed by atoms with Crippen molar-refractivity contribution in [2.75, 3.05) is 0 Å². The van der Waals surface area contributed by atoms with Crippen molar-refractivity contribution in [1.82, 2.24) is 29.7 Å². The van der Waals surface area contributed by atoms with Crippen molar-refractivity contribution in [2.24, 2.45) is 0 Å². The van der Waals surface area contributed by atoms with Gasteiger partial charge in [0.15, 0.2) is 0 Å². The minimum Gasteiger partial charge on any atom is -0.335 e. The Bertz CT molecular complexity index is 461. The Morgan fingerprint density at radius 1 is 1.00 bits per heavy atom. The van der Waals surface area contributed by atoms with E-state index in [1.165, 1.54) is 0 Å². The van der Waals surface area contributed by atoms with Gasteiger partial charge in [-0.2, -0.15) is 0 Å². The predicted octanol–water partition coefficient (Wildman–Crippen LogP) is 0.856. The number of rotatable bonds is 6. The van der Waals surface area contributed by atoms with E-state index in [0.717, 1.165) is 0 Å². The van der Waals surface area contributed by atoms with Crippen LogP contribution in [0.3, 0.4) is 0 Å². The number of aromatic nitrogens is 4. The summed E-state index contributed by atoms with van der Waals surface area (Å²) in [5.41, 5.74) is 0.